The van der Waals surface area contributed by atoms with Crippen LogP contribution in [0.2, 0.25) is 0 Å². The molecule has 2 aromatic carbocycles. The van der Waals surface area contributed by atoms with Crippen LogP contribution in [0.5, 0.6) is 0 Å². The molecule has 0 fully saturated rings. The number of amides is 2. The molecule has 35 heavy (non-hydrogen) atoms. The van der Waals surface area contributed by atoms with Crippen molar-refractivity contribution in [3.05, 3.63) is 65.7 Å². The van der Waals surface area contributed by atoms with E-state index >= 15 is 0 Å². The zero-order valence-corrected chi connectivity index (χ0v) is 21.4. The van der Waals surface area contributed by atoms with Crippen molar-refractivity contribution < 1.29 is 26.8 Å². The minimum absolute atomic E-state index is 0.0732. The fraction of sp³-hybridized carbons (Fsp3) is 0.417. The van der Waals surface area contributed by atoms with Crippen LogP contribution in [0.3, 0.4) is 0 Å². The molecule has 0 radical (unpaired) electrons. The Morgan fingerprint density at radius 3 is 2.11 bits per heavy atom. The molecule has 0 saturated carbocycles. The van der Waals surface area contributed by atoms with Gasteiger partial charge in [0, 0.05) is 26.7 Å². The molecule has 8 nitrogen and oxygen atoms in total. The van der Waals surface area contributed by atoms with Crippen molar-refractivity contribution in [2.75, 3.05) is 24.9 Å². The van der Waals surface area contributed by atoms with Crippen LogP contribution < -0.4 is 9.62 Å². The van der Waals surface area contributed by atoms with E-state index in [0.717, 1.165) is 10.4 Å². The van der Waals surface area contributed by atoms with Crippen LogP contribution in [0.15, 0.2) is 48.5 Å². The first-order chi connectivity index (χ1) is 16.4. The third-order valence-electron chi connectivity index (χ3n) is 5.22. The van der Waals surface area contributed by atoms with Gasteiger partial charge in [0.2, 0.25) is 11.8 Å². The van der Waals surface area contributed by atoms with Gasteiger partial charge in [0.05, 0.1) is 5.69 Å². The van der Waals surface area contributed by atoms with Gasteiger partial charge in [-0.05, 0) is 50.1 Å². The summed E-state index contributed by atoms with van der Waals surface area (Å²) in [6.07, 6.45) is 0.242. The standard InChI is InChI=1S/C24H32F2N4O4S/c1-6-21(24(32)27-17(2)3)29(15-18-11-13-19(25)14-12-18)23(31)16-30(35(33,34)28(4)5)22-10-8-7-9-20(22)26/h7-14,17,21H,6,15-16H2,1-5H3,(H,27,32)/t21-/m0/s1. The summed E-state index contributed by atoms with van der Waals surface area (Å²) >= 11 is 0. The van der Waals surface area contributed by atoms with Gasteiger partial charge in [-0.2, -0.15) is 12.7 Å². The lowest BCUT2D eigenvalue weighted by Gasteiger charge is -2.34. The largest absolute Gasteiger partial charge is 0.352 e. The van der Waals surface area contributed by atoms with Gasteiger partial charge >= 0.3 is 10.2 Å². The molecule has 0 aliphatic heterocycles. The minimum atomic E-state index is -4.26. The Bertz CT molecular complexity index is 1120. The molecule has 0 heterocycles. The Morgan fingerprint density at radius 1 is 1.00 bits per heavy atom. The lowest BCUT2D eigenvalue weighted by molar-refractivity contribution is -0.140. The number of carbonyl (C=O) groups excluding carboxylic acids is 2. The van der Waals surface area contributed by atoms with E-state index in [2.05, 4.69) is 5.32 Å². The molecule has 11 heteroatoms. The summed E-state index contributed by atoms with van der Waals surface area (Å²) in [7, 11) is -1.72. The van der Waals surface area contributed by atoms with Gasteiger partial charge in [-0.15, -0.1) is 0 Å². The van der Waals surface area contributed by atoms with E-state index in [1.54, 1.807) is 20.8 Å². The molecular weight excluding hydrogens is 478 g/mol. The Hall–Kier alpha value is -3.05. The first-order valence-corrected chi connectivity index (χ1v) is 12.6. The SMILES string of the molecule is CC[C@@H](C(=O)NC(C)C)N(Cc1ccc(F)cc1)C(=O)CN(c1ccccc1F)S(=O)(=O)N(C)C. The highest BCUT2D eigenvalue weighted by Gasteiger charge is 2.34. The maximum Gasteiger partial charge on any atom is 0.304 e. The second-order valence-electron chi connectivity index (χ2n) is 8.48. The number of anilines is 1. The summed E-state index contributed by atoms with van der Waals surface area (Å²) in [4.78, 5) is 27.8. The highest BCUT2D eigenvalue weighted by atomic mass is 32.2. The van der Waals surface area contributed by atoms with E-state index in [1.807, 2.05) is 0 Å². The van der Waals surface area contributed by atoms with Crippen LogP contribution in [-0.4, -0.2) is 62.2 Å². The van der Waals surface area contributed by atoms with E-state index < -0.39 is 46.2 Å². The van der Waals surface area contributed by atoms with Crippen molar-refractivity contribution in [3.63, 3.8) is 0 Å². The van der Waals surface area contributed by atoms with E-state index in [-0.39, 0.29) is 24.7 Å². The summed E-state index contributed by atoms with van der Waals surface area (Å²) in [6, 6.07) is 9.53. The number of hydrogen-bond acceptors (Lipinski definition) is 4. The Labute approximate surface area is 205 Å². The van der Waals surface area contributed by atoms with Crippen molar-refractivity contribution in [1.29, 1.82) is 0 Å². The zero-order chi connectivity index (χ0) is 26.3. The van der Waals surface area contributed by atoms with Gasteiger partial charge in [0.1, 0.15) is 24.2 Å². The van der Waals surface area contributed by atoms with E-state index in [4.69, 9.17) is 0 Å². The maximum absolute atomic E-state index is 14.6. The molecule has 0 aliphatic carbocycles. The fourth-order valence-corrected chi connectivity index (χ4v) is 4.51. The number of rotatable bonds is 11. The topological polar surface area (TPSA) is 90.0 Å². The first kappa shape index (κ1) is 28.2. The van der Waals surface area contributed by atoms with Crippen LogP contribution in [-0.2, 0) is 26.3 Å². The lowest BCUT2D eigenvalue weighted by atomic mass is 10.1. The van der Waals surface area contributed by atoms with Gasteiger partial charge in [-0.3, -0.25) is 9.59 Å². The molecule has 1 N–H and O–H groups in total. The summed E-state index contributed by atoms with van der Waals surface area (Å²) in [5, 5.41) is 2.77. The predicted octanol–water partition coefficient (Wildman–Crippen LogP) is 2.91. The lowest BCUT2D eigenvalue weighted by Crippen LogP contribution is -2.54. The number of carbonyl (C=O) groups is 2. The Morgan fingerprint density at radius 2 is 1.60 bits per heavy atom. The van der Waals surface area contributed by atoms with Gasteiger partial charge in [0.15, 0.2) is 0 Å². The predicted molar refractivity (Wildman–Crippen MR) is 131 cm³/mol. The molecule has 0 saturated heterocycles. The molecule has 0 bridgehead atoms. The summed E-state index contributed by atoms with van der Waals surface area (Å²) < 4.78 is 55.7. The molecular formula is C24H32F2N4O4S. The molecule has 0 unspecified atom stereocenters. The van der Waals surface area contributed by atoms with Crippen LogP contribution in [0.25, 0.3) is 0 Å². The van der Waals surface area contributed by atoms with Gasteiger partial charge in [-0.1, -0.05) is 31.2 Å². The number of para-hydroxylation sites is 1. The molecule has 2 rings (SSSR count). The molecule has 0 aromatic heterocycles. The quantitative estimate of drug-likeness (QED) is 0.503. The first-order valence-electron chi connectivity index (χ1n) is 11.2. The average Bonchev–Trinajstić information content (AvgIpc) is 2.78. The van der Waals surface area contributed by atoms with Gasteiger partial charge in [0.25, 0.3) is 0 Å². The third-order valence-corrected chi connectivity index (χ3v) is 7.03. The molecule has 2 aromatic rings. The second kappa shape index (κ2) is 12.1. The fourth-order valence-electron chi connectivity index (χ4n) is 3.44. The van der Waals surface area contributed by atoms with Crippen molar-refractivity contribution >= 4 is 27.7 Å². The van der Waals surface area contributed by atoms with Crippen LogP contribution >= 0.6 is 0 Å². The monoisotopic (exact) mass is 510 g/mol. The smallest absolute Gasteiger partial charge is 0.304 e. The van der Waals surface area contributed by atoms with Gasteiger partial charge < -0.3 is 10.2 Å². The van der Waals surface area contributed by atoms with Gasteiger partial charge in [-0.25, -0.2) is 13.1 Å². The summed E-state index contributed by atoms with van der Waals surface area (Å²) in [5.74, 6) is -2.40. The van der Waals surface area contributed by atoms with Crippen molar-refractivity contribution in [2.24, 2.45) is 0 Å². The Kier molecular flexibility index (Phi) is 9.73. The second-order valence-corrected chi connectivity index (χ2v) is 10.6. The molecule has 1 atom stereocenters. The van der Waals surface area contributed by atoms with Crippen molar-refractivity contribution in [1.82, 2.24) is 14.5 Å². The number of hydrogen-bond donors (Lipinski definition) is 1. The van der Waals surface area contributed by atoms with E-state index in [0.29, 0.717) is 9.87 Å². The molecule has 192 valence electrons. The molecule has 0 spiro atoms. The number of nitrogens with zero attached hydrogens (tertiary/aromatic N) is 3. The number of nitrogens with one attached hydrogen (secondary N) is 1. The average molecular weight is 511 g/mol. The minimum Gasteiger partial charge on any atom is -0.352 e. The van der Waals surface area contributed by atoms with Crippen LogP contribution in [0, 0.1) is 11.6 Å². The molecule has 2 amide bonds. The number of benzene rings is 2. The zero-order valence-electron chi connectivity index (χ0n) is 20.5. The Balaban J connectivity index is 2.51. The van der Waals surface area contributed by atoms with Crippen molar-refractivity contribution in [2.45, 2.75) is 45.8 Å². The van der Waals surface area contributed by atoms with E-state index in [9.17, 15) is 26.8 Å². The number of halogens is 2. The van der Waals surface area contributed by atoms with E-state index in [1.165, 1.54) is 61.5 Å². The normalized spacial score (nSPS) is 12.5. The summed E-state index contributed by atoms with van der Waals surface area (Å²) in [6.45, 7) is 4.46. The third kappa shape index (κ3) is 7.22. The highest BCUT2D eigenvalue weighted by Crippen LogP contribution is 2.24. The molecule has 0 aliphatic rings. The van der Waals surface area contributed by atoms with Crippen LogP contribution in [0.1, 0.15) is 32.8 Å². The summed E-state index contributed by atoms with van der Waals surface area (Å²) in [5.41, 5.74) is 0.249. The van der Waals surface area contributed by atoms with Crippen LogP contribution in [0.4, 0.5) is 14.5 Å². The van der Waals surface area contributed by atoms with Crippen molar-refractivity contribution in [3.8, 4) is 0 Å². The maximum atomic E-state index is 14.6. The highest BCUT2D eigenvalue weighted by molar-refractivity contribution is 7.90.